The standard InChI is InChI=1S/C14H15FO3/c1-17-14(18-2)8-7-12(16)9-13(14)10-3-5-11(15)6-4-10/h3-8,13H,9H2,1-2H3. The zero-order valence-corrected chi connectivity index (χ0v) is 10.4. The lowest BCUT2D eigenvalue weighted by Crippen LogP contribution is -2.42. The van der Waals surface area contributed by atoms with Gasteiger partial charge >= 0.3 is 0 Å². The Morgan fingerprint density at radius 2 is 1.83 bits per heavy atom. The molecule has 2 rings (SSSR count). The summed E-state index contributed by atoms with van der Waals surface area (Å²) in [5.41, 5.74) is 0.817. The van der Waals surface area contributed by atoms with Gasteiger partial charge in [0.15, 0.2) is 11.6 Å². The van der Waals surface area contributed by atoms with Gasteiger partial charge in [0.25, 0.3) is 0 Å². The predicted octanol–water partition coefficient (Wildman–Crippen LogP) is 2.43. The number of carbonyl (C=O) groups excluding carboxylic acids is 1. The number of benzene rings is 1. The van der Waals surface area contributed by atoms with E-state index in [-0.39, 0.29) is 23.9 Å². The molecule has 0 saturated heterocycles. The Balaban J connectivity index is 2.42. The summed E-state index contributed by atoms with van der Waals surface area (Å²) < 4.78 is 23.8. The molecular formula is C14H15FO3. The van der Waals surface area contributed by atoms with Crippen LogP contribution in [0, 0.1) is 5.82 Å². The highest BCUT2D eigenvalue weighted by Crippen LogP contribution is 2.39. The quantitative estimate of drug-likeness (QED) is 0.773. The van der Waals surface area contributed by atoms with Gasteiger partial charge in [-0.2, -0.15) is 0 Å². The van der Waals surface area contributed by atoms with Gasteiger partial charge in [-0.05, 0) is 29.8 Å². The van der Waals surface area contributed by atoms with Crippen LogP contribution in [0.4, 0.5) is 4.39 Å². The van der Waals surface area contributed by atoms with Crippen molar-refractivity contribution < 1.29 is 18.7 Å². The molecule has 0 spiro atoms. The van der Waals surface area contributed by atoms with Crippen LogP contribution in [-0.2, 0) is 14.3 Å². The monoisotopic (exact) mass is 250 g/mol. The van der Waals surface area contributed by atoms with Crippen molar-refractivity contribution in [2.24, 2.45) is 0 Å². The predicted molar refractivity (Wildman–Crippen MR) is 64.7 cm³/mol. The molecule has 0 heterocycles. The third-order valence-corrected chi connectivity index (χ3v) is 3.30. The highest BCUT2D eigenvalue weighted by atomic mass is 19.1. The van der Waals surface area contributed by atoms with Gasteiger partial charge < -0.3 is 9.47 Å². The third kappa shape index (κ3) is 2.21. The van der Waals surface area contributed by atoms with Crippen LogP contribution in [0.25, 0.3) is 0 Å². The van der Waals surface area contributed by atoms with Crippen LogP contribution in [0.2, 0.25) is 0 Å². The lowest BCUT2D eigenvalue weighted by Gasteiger charge is -2.37. The van der Waals surface area contributed by atoms with E-state index in [0.717, 1.165) is 5.56 Å². The molecule has 0 bridgehead atoms. The van der Waals surface area contributed by atoms with Crippen molar-refractivity contribution >= 4 is 5.78 Å². The first-order valence-electron chi connectivity index (χ1n) is 5.69. The zero-order valence-electron chi connectivity index (χ0n) is 10.4. The van der Waals surface area contributed by atoms with Crippen LogP contribution in [0.3, 0.4) is 0 Å². The summed E-state index contributed by atoms with van der Waals surface area (Å²) in [5, 5.41) is 0. The molecule has 4 heteroatoms. The van der Waals surface area contributed by atoms with Gasteiger partial charge in [-0.25, -0.2) is 4.39 Å². The van der Waals surface area contributed by atoms with E-state index >= 15 is 0 Å². The Hall–Kier alpha value is -1.52. The molecule has 3 nitrogen and oxygen atoms in total. The minimum atomic E-state index is -0.967. The number of methoxy groups -OCH3 is 2. The fourth-order valence-corrected chi connectivity index (χ4v) is 2.29. The van der Waals surface area contributed by atoms with Crippen LogP contribution in [0.15, 0.2) is 36.4 Å². The summed E-state index contributed by atoms with van der Waals surface area (Å²) in [7, 11) is 3.06. The highest BCUT2D eigenvalue weighted by molar-refractivity contribution is 5.91. The maximum absolute atomic E-state index is 12.9. The van der Waals surface area contributed by atoms with E-state index in [0.29, 0.717) is 0 Å². The van der Waals surface area contributed by atoms with E-state index in [1.54, 1.807) is 18.2 Å². The Bertz CT molecular complexity index is 460. The van der Waals surface area contributed by atoms with E-state index in [9.17, 15) is 9.18 Å². The highest BCUT2D eigenvalue weighted by Gasteiger charge is 2.41. The number of hydrogen-bond donors (Lipinski definition) is 0. The second-order valence-electron chi connectivity index (χ2n) is 4.24. The Kier molecular flexibility index (Phi) is 3.59. The van der Waals surface area contributed by atoms with Crippen molar-refractivity contribution in [2.45, 2.75) is 18.1 Å². The first-order valence-corrected chi connectivity index (χ1v) is 5.69. The Labute approximate surface area is 105 Å². The molecule has 0 N–H and O–H groups in total. The van der Waals surface area contributed by atoms with Crippen molar-refractivity contribution in [3.8, 4) is 0 Å². The molecule has 1 unspecified atom stereocenters. The van der Waals surface area contributed by atoms with Crippen molar-refractivity contribution in [2.75, 3.05) is 14.2 Å². The van der Waals surface area contributed by atoms with Gasteiger partial charge in [0.2, 0.25) is 0 Å². The maximum Gasteiger partial charge on any atom is 0.195 e. The number of allylic oxidation sites excluding steroid dienone is 1. The lowest BCUT2D eigenvalue weighted by molar-refractivity contribution is -0.190. The minimum absolute atomic E-state index is 0.00838. The molecule has 0 aliphatic heterocycles. The van der Waals surface area contributed by atoms with Crippen LogP contribution in [0.5, 0.6) is 0 Å². The molecule has 1 aliphatic carbocycles. The molecule has 0 amide bonds. The van der Waals surface area contributed by atoms with E-state index < -0.39 is 5.79 Å². The number of hydrogen-bond acceptors (Lipinski definition) is 3. The molecule has 1 aromatic carbocycles. The van der Waals surface area contributed by atoms with Crippen molar-refractivity contribution in [1.82, 2.24) is 0 Å². The van der Waals surface area contributed by atoms with E-state index in [2.05, 4.69) is 0 Å². The van der Waals surface area contributed by atoms with Gasteiger partial charge in [-0.1, -0.05) is 12.1 Å². The first kappa shape index (κ1) is 12.9. The molecule has 0 aromatic heterocycles. The Morgan fingerprint density at radius 1 is 1.22 bits per heavy atom. The van der Waals surface area contributed by atoms with Crippen LogP contribution >= 0.6 is 0 Å². The van der Waals surface area contributed by atoms with E-state index in [1.165, 1.54) is 32.4 Å². The second-order valence-corrected chi connectivity index (χ2v) is 4.24. The van der Waals surface area contributed by atoms with Crippen molar-refractivity contribution in [3.63, 3.8) is 0 Å². The normalized spacial score (nSPS) is 22.2. The number of halogens is 1. The number of ether oxygens (including phenoxy) is 2. The van der Waals surface area contributed by atoms with Crippen LogP contribution < -0.4 is 0 Å². The third-order valence-electron chi connectivity index (χ3n) is 3.30. The van der Waals surface area contributed by atoms with Crippen LogP contribution in [0.1, 0.15) is 17.9 Å². The first-order chi connectivity index (χ1) is 8.61. The molecule has 0 fully saturated rings. The summed E-state index contributed by atoms with van der Waals surface area (Å²) in [6.45, 7) is 0. The van der Waals surface area contributed by atoms with Gasteiger partial charge in [0.05, 0.1) is 0 Å². The fraction of sp³-hybridized carbons (Fsp3) is 0.357. The molecule has 1 atom stereocenters. The fourth-order valence-electron chi connectivity index (χ4n) is 2.29. The lowest BCUT2D eigenvalue weighted by atomic mass is 9.82. The molecule has 0 radical (unpaired) electrons. The van der Waals surface area contributed by atoms with E-state index in [4.69, 9.17) is 9.47 Å². The molecule has 1 aromatic rings. The molecule has 18 heavy (non-hydrogen) atoms. The largest absolute Gasteiger partial charge is 0.349 e. The van der Waals surface area contributed by atoms with Gasteiger partial charge in [0, 0.05) is 26.6 Å². The smallest absolute Gasteiger partial charge is 0.195 e. The van der Waals surface area contributed by atoms with Gasteiger partial charge in [0.1, 0.15) is 5.82 Å². The average Bonchev–Trinajstić information content (AvgIpc) is 2.40. The molecule has 0 saturated carbocycles. The maximum atomic E-state index is 12.9. The molecule has 1 aliphatic rings. The van der Waals surface area contributed by atoms with E-state index in [1.807, 2.05) is 0 Å². The SMILES string of the molecule is COC1(OC)C=CC(=O)CC1c1ccc(F)cc1. The molecule has 96 valence electrons. The minimum Gasteiger partial charge on any atom is -0.349 e. The average molecular weight is 250 g/mol. The van der Waals surface area contributed by atoms with Crippen molar-refractivity contribution in [3.05, 3.63) is 47.8 Å². The van der Waals surface area contributed by atoms with Gasteiger partial charge in [-0.15, -0.1) is 0 Å². The van der Waals surface area contributed by atoms with Gasteiger partial charge in [-0.3, -0.25) is 4.79 Å². The summed E-state index contributed by atoms with van der Waals surface area (Å²) in [6, 6.07) is 6.04. The topological polar surface area (TPSA) is 35.5 Å². The second kappa shape index (κ2) is 5.00. The molecular weight excluding hydrogens is 235 g/mol. The van der Waals surface area contributed by atoms with Crippen molar-refractivity contribution in [1.29, 1.82) is 0 Å². The Morgan fingerprint density at radius 3 is 2.39 bits per heavy atom. The van der Waals surface area contributed by atoms with Crippen LogP contribution in [-0.4, -0.2) is 25.8 Å². The summed E-state index contributed by atoms with van der Waals surface area (Å²) in [5.74, 6) is -1.54. The number of carbonyl (C=O) groups is 1. The summed E-state index contributed by atoms with van der Waals surface area (Å²) >= 11 is 0. The summed E-state index contributed by atoms with van der Waals surface area (Å²) in [6.07, 6.45) is 3.36. The number of ketones is 1. The number of rotatable bonds is 3. The summed E-state index contributed by atoms with van der Waals surface area (Å²) in [4.78, 5) is 11.6. The zero-order chi connectivity index (χ0) is 13.2.